The normalized spacial score (nSPS) is 15.4. The summed E-state index contributed by atoms with van der Waals surface area (Å²) in [6.07, 6.45) is 4.48. The average molecular weight is 931 g/mol. The first-order valence-electron chi connectivity index (χ1n) is 19.8. The third-order valence-corrected chi connectivity index (χ3v) is 14.4. The van der Waals surface area contributed by atoms with Crippen molar-refractivity contribution in [3.8, 4) is 0 Å². The van der Waals surface area contributed by atoms with E-state index in [1.165, 1.54) is 22.5 Å². The van der Waals surface area contributed by atoms with Gasteiger partial charge in [-0.15, -0.1) is 0 Å². The van der Waals surface area contributed by atoms with Gasteiger partial charge >= 0.3 is 0 Å². The van der Waals surface area contributed by atoms with Crippen molar-refractivity contribution in [2.24, 2.45) is 10.3 Å². The van der Waals surface area contributed by atoms with E-state index in [1.807, 2.05) is 47.2 Å². The Balaban J connectivity index is 0.000000163. The van der Waals surface area contributed by atoms with Crippen LogP contribution in [0.15, 0.2) is 82.8 Å². The van der Waals surface area contributed by atoms with Gasteiger partial charge in [0, 0.05) is 73.3 Å². The van der Waals surface area contributed by atoms with Gasteiger partial charge in [0.1, 0.15) is 44.1 Å². The van der Waals surface area contributed by atoms with Gasteiger partial charge in [-0.1, -0.05) is 12.1 Å². The van der Waals surface area contributed by atoms with Gasteiger partial charge in [-0.3, -0.25) is 0 Å². The minimum absolute atomic E-state index is 0.163. The van der Waals surface area contributed by atoms with E-state index in [4.69, 9.17) is 20.2 Å². The highest BCUT2D eigenvalue weighted by Crippen LogP contribution is 2.34. The number of benzene rings is 2. The molecule has 23 heteroatoms. The molecule has 6 aromatic heterocycles. The maximum absolute atomic E-state index is 14.5. The number of nitrogens with zero attached hydrogens (tertiary/aromatic N) is 9. The number of aromatic nitrogens is 8. The lowest BCUT2D eigenvalue weighted by atomic mass is 10.0. The summed E-state index contributed by atoms with van der Waals surface area (Å²) >= 11 is 0. The van der Waals surface area contributed by atoms with Gasteiger partial charge in [0.25, 0.3) is 0 Å². The molecule has 0 spiro atoms. The van der Waals surface area contributed by atoms with Crippen molar-refractivity contribution < 1.29 is 34.0 Å². The fourth-order valence-electron chi connectivity index (χ4n) is 8.02. The highest BCUT2D eigenvalue weighted by atomic mass is 32.2. The zero-order chi connectivity index (χ0) is 45.5. The van der Waals surface area contributed by atoms with Gasteiger partial charge in [0.15, 0.2) is 11.3 Å². The number of primary sulfonamides is 2. The van der Waals surface area contributed by atoms with Crippen molar-refractivity contribution in [2.45, 2.75) is 48.6 Å². The maximum Gasteiger partial charge on any atom is 0.240 e. The molecule has 0 unspecified atom stereocenters. The van der Waals surface area contributed by atoms with E-state index in [0.29, 0.717) is 40.3 Å². The van der Waals surface area contributed by atoms with Gasteiger partial charge < -0.3 is 14.5 Å². The molecule has 5 N–H and O–H groups in total. The van der Waals surface area contributed by atoms with Crippen LogP contribution in [0.25, 0.3) is 44.1 Å². The number of sulfonamides is 3. The monoisotopic (exact) mass is 930 g/mol. The predicted octanol–water partition coefficient (Wildman–Crippen LogP) is 3.29. The van der Waals surface area contributed by atoms with Crippen LogP contribution in [0.5, 0.6) is 0 Å². The Hall–Kier alpha value is -5.95. The molecule has 332 valence electrons. The lowest BCUT2D eigenvalue weighted by Gasteiger charge is -2.36. The quantitative estimate of drug-likeness (QED) is 0.188. The van der Waals surface area contributed by atoms with Crippen molar-refractivity contribution in [1.82, 2.24) is 48.7 Å². The van der Waals surface area contributed by atoms with Crippen LogP contribution in [0, 0.1) is 25.5 Å². The third kappa shape index (κ3) is 8.19. The van der Waals surface area contributed by atoms with Crippen LogP contribution < -0.4 is 15.6 Å². The van der Waals surface area contributed by atoms with Gasteiger partial charge in [0.2, 0.25) is 30.1 Å². The summed E-state index contributed by atoms with van der Waals surface area (Å²) in [5.41, 5.74) is 6.89. The number of imidazole rings is 2. The third-order valence-electron chi connectivity index (χ3n) is 11.3. The molecule has 10 rings (SSSR count). The largest absolute Gasteiger partial charge is 0.323 e. The van der Waals surface area contributed by atoms with E-state index in [-0.39, 0.29) is 31.5 Å². The molecule has 2 aliphatic heterocycles. The summed E-state index contributed by atoms with van der Waals surface area (Å²) in [4.78, 5) is 26.3. The molecule has 64 heavy (non-hydrogen) atoms. The van der Waals surface area contributed by atoms with Crippen molar-refractivity contribution in [1.29, 1.82) is 0 Å². The molecule has 2 saturated heterocycles. The van der Waals surface area contributed by atoms with Crippen molar-refractivity contribution >= 4 is 74.2 Å². The molecule has 0 amide bonds. The number of nitrogens with one attached hydrogen (secondary N) is 1. The predicted molar refractivity (Wildman–Crippen MR) is 234 cm³/mol. The van der Waals surface area contributed by atoms with Gasteiger partial charge in [0.05, 0.1) is 29.7 Å². The van der Waals surface area contributed by atoms with Crippen LogP contribution in [-0.4, -0.2) is 101 Å². The number of nitrogens with two attached hydrogens (primary N) is 2. The minimum Gasteiger partial charge on any atom is -0.323 e. The van der Waals surface area contributed by atoms with Crippen LogP contribution >= 0.6 is 0 Å². The van der Waals surface area contributed by atoms with Gasteiger partial charge in [-0.2, -0.15) is 0 Å². The average Bonchev–Trinajstić information content (AvgIpc) is 3.70. The Bertz CT molecular complexity index is 3560. The van der Waals surface area contributed by atoms with Crippen LogP contribution in [-0.2, 0) is 43.2 Å². The summed E-state index contributed by atoms with van der Waals surface area (Å²) in [6.45, 7) is 6.46. The number of halogens is 2. The second-order valence-corrected chi connectivity index (χ2v) is 21.0. The molecule has 8 heterocycles. The Morgan fingerprint density at radius 3 is 1.45 bits per heavy atom. The molecule has 2 aliphatic rings. The smallest absolute Gasteiger partial charge is 0.240 e. The summed E-state index contributed by atoms with van der Waals surface area (Å²) in [5, 5.41) is 15.0. The van der Waals surface area contributed by atoms with Crippen LogP contribution in [0.1, 0.15) is 46.0 Å². The first-order chi connectivity index (χ1) is 30.2. The Kier molecular flexibility index (Phi) is 10.8. The second kappa shape index (κ2) is 15.9. The van der Waals surface area contributed by atoms with E-state index in [0.717, 1.165) is 76.0 Å². The summed E-state index contributed by atoms with van der Waals surface area (Å²) < 4.78 is 104. The van der Waals surface area contributed by atoms with Crippen molar-refractivity contribution in [3.05, 3.63) is 119 Å². The van der Waals surface area contributed by atoms with E-state index in [2.05, 4.69) is 25.3 Å². The molecular weight excluding hydrogens is 891 g/mol. The standard InChI is InChI=1S/C21H21FN6O4S2.C20H19FN6O2S/c1-12-3-5-15-19-17(8-24-20(15)25-12)26-21(14-10-27(11-14)33(2,29)30)28(19)9-13-4-6-18(16(22)7-13)34(23,31)32;1-11-2-4-14-18-16(9-24-19(14)25-11)26-20(13-7-23-8-13)27(18)10-12-3-5-17(15(21)6-12)30(22,28)29/h3-8,14H,9-11H2,1-2H3,(H2,23,31,32);2-6,9,13,23H,7-8,10H2,1H3,(H2,22,28,29). The molecule has 0 bridgehead atoms. The minimum atomic E-state index is -4.19. The first kappa shape index (κ1) is 43.3. The van der Waals surface area contributed by atoms with E-state index in [9.17, 15) is 34.0 Å². The Labute approximate surface area is 365 Å². The Morgan fingerprint density at radius 2 is 1.08 bits per heavy atom. The zero-order valence-corrected chi connectivity index (χ0v) is 36.9. The highest BCUT2D eigenvalue weighted by molar-refractivity contribution is 7.89. The molecule has 2 aromatic carbocycles. The molecule has 0 aliphatic carbocycles. The van der Waals surface area contributed by atoms with E-state index >= 15 is 0 Å². The number of fused-ring (bicyclic) bond motifs is 6. The summed E-state index contributed by atoms with van der Waals surface area (Å²) in [7, 11) is -11.6. The van der Waals surface area contributed by atoms with Crippen LogP contribution in [0.3, 0.4) is 0 Å². The molecular formula is C41H40F2N12O6S3. The number of hydrogen-bond acceptors (Lipinski definition) is 13. The van der Waals surface area contributed by atoms with E-state index in [1.54, 1.807) is 18.5 Å². The number of hydrogen-bond donors (Lipinski definition) is 3. The molecule has 0 atom stereocenters. The maximum atomic E-state index is 14.5. The Morgan fingerprint density at radius 1 is 0.641 bits per heavy atom. The number of rotatable bonds is 9. The SMILES string of the molecule is Cc1ccc2c(ncc3nc(C4CN(S(C)(=O)=O)C4)n(Cc4ccc(S(N)(=O)=O)c(F)c4)c32)n1.Cc1ccc2c(ncc3nc(C4CNC4)n(Cc4ccc(S(N)(=O)=O)c(F)c4)c32)n1. The summed E-state index contributed by atoms with van der Waals surface area (Å²) in [5.74, 6) is -0.212. The molecule has 0 saturated carbocycles. The van der Waals surface area contributed by atoms with Crippen molar-refractivity contribution in [3.63, 3.8) is 0 Å². The summed E-state index contributed by atoms with van der Waals surface area (Å²) in [6, 6.07) is 15.4. The topological polar surface area (TPSA) is 257 Å². The fourth-order valence-corrected chi connectivity index (χ4v) is 10.1. The molecule has 0 radical (unpaired) electrons. The fraction of sp³-hybridized carbons (Fsp3) is 0.268. The molecule has 2 fully saturated rings. The lowest BCUT2D eigenvalue weighted by Crippen LogP contribution is -2.48. The van der Waals surface area contributed by atoms with Crippen LogP contribution in [0.4, 0.5) is 8.78 Å². The number of pyridine rings is 4. The second-order valence-electron chi connectivity index (χ2n) is 16.0. The zero-order valence-electron chi connectivity index (χ0n) is 34.4. The van der Waals surface area contributed by atoms with Crippen molar-refractivity contribution in [2.75, 3.05) is 32.4 Å². The molecule has 8 aromatic rings. The lowest BCUT2D eigenvalue weighted by molar-refractivity contribution is 0.254. The van der Waals surface area contributed by atoms with Gasteiger partial charge in [-0.25, -0.2) is 78.5 Å². The van der Waals surface area contributed by atoms with Gasteiger partial charge in [-0.05, 0) is 73.5 Å². The molecule has 18 nitrogen and oxygen atoms in total. The highest BCUT2D eigenvalue weighted by Gasteiger charge is 2.38. The van der Waals surface area contributed by atoms with E-state index < -0.39 is 51.5 Å². The van der Waals surface area contributed by atoms with Crippen LogP contribution in [0.2, 0.25) is 0 Å². The first-order valence-corrected chi connectivity index (χ1v) is 24.7. The number of aryl methyl sites for hydroxylation is 2.